The number of ether oxygens (including phenoxy) is 1. The molecule has 0 spiro atoms. The summed E-state index contributed by atoms with van der Waals surface area (Å²) >= 11 is 0. The van der Waals surface area contributed by atoms with Gasteiger partial charge in [0.2, 0.25) is 0 Å². The van der Waals surface area contributed by atoms with Crippen molar-refractivity contribution in [3.63, 3.8) is 0 Å². The normalized spacial score (nSPS) is 10.2. The fraction of sp³-hybridized carbons (Fsp3) is 0.214. The van der Waals surface area contributed by atoms with Gasteiger partial charge in [0.1, 0.15) is 5.75 Å². The number of carbonyl (C=O) groups is 1. The maximum Gasteiger partial charge on any atom is 0.185 e. The molecule has 0 amide bonds. The Morgan fingerprint density at radius 2 is 1.81 bits per heavy atom. The van der Waals surface area contributed by atoms with Crippen LogP contribution in [0, 0.1) is 0 Å². The van der Waals surface area contributed by atoms with E-state index in [0.29, 0.717) is 5.56 Å². The molecule has 0 radical (unpaired) electrons. The molecule has 0 unspecified atom stereocenters. The van der Waals surface area contributed by atoms with Gasteiger partial charge in [0.05, 0.1) is 7.11 Å². The molecular weight excluding hydrogens is 200 g/mol. The molecule has 16 heavy (non-hydrogen) atoms. The number of carbonyl (C=O) groups excluding carboxylic acids is 1. The van der Waals surface area contributed by atoms with E-state index in [9.17, 15) is 4.79 Å². The zero-order chi connectivity index (χ0) is 12.0. The molecule has 84 valence electrons. The fourth-order valence-corrected chi connectivity index (χ4v) is 1.18. The van der Waals surface area contributed by atoms with Gasteiger partial charge in [0.15, 0.2) is 5.78 Å². The zero-order valence-electron chi connectivity index (χ0n) is 9.86. The van der Waals surface area contributed by atoms with Crippen molar-refractivity contribution in [2.75, 3.05) is 7.11 Å². The molecule has 1 aromatic rings. The molecule has 0 heterocycles. The monoisotopic (exact) mass is 216 g/mol. The van der Waals surface area contributed by atoms with Gasteiger partial charge in [0.25, 0.3) is 0 Å². The summed E-state index contributed by atoms with van der Waals surface area (Å²) < 4.78 is 5.02. The number of ketones is 1. The highest BCUT2D eigenvalue weighted by Gasteiger charge is 2.00. The first-order valence-electron chi connectivity index (χ1n) is 5.13. The molecule has 1 aromatic carbocycles. The molecule has 0 atom stereocenters. The Kier molecular flexibility index (Phi) is 4.52. The lowest BCUT2D eigenvalue weighted by Gasteiger charge is -1.99. The Labute approximate surface area is 96.2 Å². The van der Waals surface area contributed by atoms with Gasteiger partial charge >= 0.3 is 0 Å². The third-order valence-electron chi connectivity index (χ3n) is 2.05. The zero-order valence-corrected chi connectivity index (χ0v) is 9.86. The fourth-order valence-electron chi connectivity index (χ4n) is 1.18. The quantitative estimate of drug-likeness (QED) is 0.438. The van der Waals surface area contributed by atoms with Crippen LogP contribution >= 0.6 is 0 Å². The molecule has 1 rings (SSSR count). The first-order chi connectivity index (χ1) is 7.63. The first-order valence-corrected chi connectivity index (χ1v) is 5.13. The topological polar surface area (TPSA) is 26.3 Å². The van der Waals surface area contributed by atoms with Gasteiger partial charge in [-0.1, -0.05) is 17.7 Å². The molecule has 0 bridgehead atoms. The molecule has 0 aromatic heterocycles. The SMILES string of the molecule is COc1ccc(C(=O)C=CC=C(C)C)cc1. The minimum atomic E-state index is 0.000142. The Bertz CT molecular complexity index is 407. The number of benzene rings is 1. The van der Waals surface area contributed by atoms with Crippen molar-refractivity contribution >= 4 is 5.78 Å². The Balaban J connectivity index is 2.73. The Morgan fingerprint density at radius 3 is 2.31 bits per heavy atom. The first kappa shape index (κ1) is 12.2. The third-order valence-corrected chi connectivity index (χ3v) is 2.05. The summed E-state index contributed by atoms with van der Waals surface area (Å²) in [6.45, 7) is 3.98. The second-order valence-electron chi connectivity index (χ2n) is 3.70. The van der Waals surface area contributed by atoms with Crippen molar-refractivity contribution in [1.29, 1.82) is 0 Å². The number of rotatable bonds is 4. The van der Waals surface area contributed by atoms with E-state index in [1.807, 2.05) is 19.9 Å². The van der Waals surface area contributed by atoms with Gasteiger partial charge in [-0.15, -0.1) is 0 Å². The molecule has 0 aliphatic heterocycles. The van der Waals surface area contributed by atoms with E-state index in [1.165, 1.54) is 5.57 Å². The molecule has 2 nitrogen and oxygen atoms in total. The number of hydrogen-bond acceptors (Lipinski definition) is 2. The van der Waals surface area contributed by atoms with Gasteiger partial charge in [-0.2, -0.15) is 0 Å². The van der Waals surface area contributed by atoms with E-state index < -0.39 is 0 Å². The highest BCUT2D eigenvalue weighted by atomic mass is 16.5. The average molecular weight is 216 g/mol. The largest absolute Gasteiger partial charge is 0.497 e. The highest BCUT2D eigenvalue weighted by Crippen LogP contribution is 2.12. The summed E-state index contributed by atoms with van der Waals surface area (Å²) in [7, 11) is 1.60. The van der Waals surface area contributed by atoms with Crippen LogP contribution in [0.15, 0.2) is 48.1 Å². The molecule has 0 saturated heterocycles. The summed E-state index contributed by atoms with van der Waals surface area (Å²) in [6, 6.07) is 7.08. The van der Waals surface area contributed by atoms with E-state index in [2.05, 4.69) is 0 Å². The molecule has 0 saturated carbocycles. The van der Waals surface area contributed by atoms with Crippen LogP contribution in [0.1, 0.15) is 24.2 Å². The van der Waals surface area contributed by atoms with E-state index in [1.54, 1.807) is 43.5 Å². The summed E-state index contributed by atoms with van der Waals surface area (Å²) in [6.07, 6.45) is 5.23. The predicted octanol–water partition coefficient (Wildman–Crippen LogP) is 3.40. The van der Waals surface area contributed by atoms with Crippen molar-refractivity contribution in [3.8, 4) is 5.75 Å². The van der Waals surface area contributed by atoms with Crippen LogP contribution in [-0.4, -0.2) is 12.9 Å². The van der Waals surface area contributed by atoms with Crippen LogP contribution in [0.25, 0.3) is 0 Å². The van der Waals surface area contributed by atoms with Gasteiger partial charge < -0.3 is 4.74 Å². The van der Waals surface area contributed by atoms with E-state index >= 15 is 0 Å². The molecule has 0 aliphatic rings. The summed E-state index contributed by atoms with van der Waals surface area (Å²) in [4.78, 5) is 11.7. The minimum absolute atomic E-state index is 0.000142. The van der Waals surface area contributed by atoms with Crippen molar-refractivity contribution < 1.29 is 9.53 Å². The van der Waals surface area contributed by atoms with E-state index in [0.717, 1.165) is 5.75 Å². The Hall–Kier alpha value is -1.83. The van der Waals surface area contributed by atoms with Crippen molar-refractivity contribution in [1.82, 2.24) is 0 Å². The van der Waals surface area contributed by atoms with Gasteiger partial charge in [0, 0.05) is 5.56 Å². The lowest BCUT2D eigenvalue weighted by molar-refractivity contribution is 0.104. The van der Waals surface area contributed by atoms with E-state index in [-0.39, 0.29) is 5.78 Å². The van der Waals surface area contributed by atoms with Gasteiger partial charge in [-0.05, 0) is 44.2 Å². The smallest absolute Gasteiger partial charge is 0.185 e. The van der Waals surface area contributed by atoms with Crippen LogP contribution in [-0.2, 0) is 0 Å². The number of allylic oxidation sites excluding steroid dienone is 4. The number of methoxy groups -OCH3 is 1. The molecule has 0 N–H and O–H groups in total. The summed E-state index contributed by atoms with van der Waals surface area (Å²) in [5, 5.41) is 0. The molecule has 0 aliphatic carbocycles. The van der Waals surface area contributed by atoms with Crippen LogP contribution in [0.4, 0.5) is 0 Å². The molecule has 0 fully saturated rings. The molecule has 2 heteroatoms. The third kappa shape index (κ3) is 3.73. The second-order valence-corrected chi connectivity index (χ2v) is 3.70. The van der Waals surface area contributed by atoms with Crippen molar-refractivity contribution in [3.05, 3.63) is 53.6 Å². The summed E-state index contributed by atoms with van der Waals surface area (Å²) in [5.41, 5.74) is 1.83. The predicted molar refractivity (Wildman–Crippen MR) is 65.9 cm³/mol. The minimum Gasteiger partial charge on any atom is -0.497 e. The van der Waals surface area contributed by atoms with Crippen molar-refractivity contribution in [2.24, 2.45) is 0 Å². The summed E-state index contributed by atoms with van der Waals surface area (Å²) in [5.74, 6) is 0.755. The highest BCUT2D eigenvalue weighted by molar-refractivity contribution is 6.04. The van der Waals surface area contributed by atoms with Gasteiger partial charge in [-0.3, -0.25) is 4.79 Å². The maximum absolute atomic E-state index is 11.7. The van der Waals surface area contributed by atoms with Crippen LogP contribution < -0.4 is 4.74 Å². The lowest BCUT2D eigenvalue weighted by Crippen LogP contribution is -1.93. The lowest BCUT2D eigenvalue weighted by atomic mass is 10.1. The Morgan fingerprint density at radius 1 is 1.19 bits per heavy atom. The molecular formula is C14H16O2. The van der Waals surface area contributed by atoms with Gasteiger partial charge in [-0.25, -0.2) is 0 Å². The van der Waals surface area contributed by atoms with E-state index in [4.69, 9.17) is 4.74 Å². The van der Waals surface area contributed by atoms with Crippen molar-refractivity contribution in [2.45, 2.75) is 13.8 Å². The number of hydrogen-bond donors (Lipinski definition) is 0. The van der Waals surface area contributed by atoms with Crippen LogP contribution in [0.5, 0.6) is 5.75 Å². The van der Waals surface area contributed by atoms with Crippen LogP contribution in [0.2, 0.25) is 0 Å². The average Bonchev–Trinajstić information content (AvgIpc) is 2.28. The standard InChI is InChI=1S/C14H16O2/c1-11(2)5-4-6-14(15)12-7-9-13(16-3)10-8-12/h4-10H,1-3H3. The van der Waals surface area contributed by atoms with Crippen LogP contribution in [0.3, 0.4) is 0 Å². The second kappa shape index (κ2) is 5.91. The maximum atomic E-state index is 11.7.